The third-order valence-electron chi connectivity index (χ3n) is 6.74. The molecule has 2 unspecified atom stereocenters. The summed E-state index contributed by atoms with van der Waals surface area (Å²) in [5.74, 6) is -4.43. The third-order valence-corrected chi connectivity index (χ3v) is 6.98. The molecule has 0 aromatic heterocycles. The van der Waals surface area contributed by atoms with Crippen LogP contribution >= 0.6 is 12.2 Å². The van der Waals surface area contributed by atoms with Crippen molar-refractivity contribution >= 4 is 40.7 Å². The lowest BCUT2D eigenvalue weighted by Crippen LogP contribution is -2.36. The number of nitrogens with zero attached hydrogens (tertiary/aromatic N) is 2. The first-order valence-electron chi connectivity index (χ1n) is 11.9. The van der Waals surface area contributed by atoms with E-state index in [-0.39, 0.29) is 22.1 Å². The van der Waals surface area contributed by atoms with Crippen LogP contribution in [0.25, 0.3) is 0 Å². The topological polar surface area (TPSA) is 114 Å². The highest BCUT2D eigenvalue weighted by Gasteiger charge is 2.41. The molecule has 2 aliphatic heterocycles. The summed E-state index contributed by atoms with van der Waals surface area (Å²) in [6.07, 6.45) is 3.33. The molecule has 2 heterocycles. The lowest BCUT2D eigenvalue weighted by atomic mass is 9.75. The van der Waals surface area contributed by atoms with Gasteiger partial charge in [0.25, 0.3) is 0 Å². The second-order valence-electron chi connectivity index (χ2n) is 9.35. The van der Waals surface area contributed by atoms with Gasteiger partial charge in [0.15, 0.2) is 5.11 Å². The number of rotatable bonds is 8. The molecule has 3 rings (SSSR count). The van der Waals surface area contributed by atoms with Gasteiger partial charge in [-0.15, -0.1) is 0 Å². The zero-order valence-electron chi connectivity index (χ0n) is 20.3. The number of hydrogen-bond donors (Lipinski definition) is 4. The molecule has 0 bridgehead atoms. The van der Waals surface area contributed by atoms with E-state index in [1.54, 1.807) is 6.92 Å². The van der Waals surface area contributed by atoms with Gasteiger partial charge in [-0.05, 0) is 88.6 Å². The Hall–Kier alpha value is -2.85. The highest BCUT2D eigenvalue weighted by atomic mass is 32.1. The fourth-order valence-corrected chi connectivity index (χ4v) is 5.00. The van der Waals surface area contributed by atoms with Crippen LogP contribution in [0.3, 0.4) is 0 Å². The lowest BCUT2D eigenvalue weighted by Gasteiger charge is -2.30. The number of likely N-dealkylation sites (tertiary alicyclic amines) is 1. The van der Waals surface area contributed by atoms with Crippen LogP contribution in [0.2, 0.25) is 0 Å². The fraction of sp³-hybridized carbons (Fsp3) is 0.520. The molecule has 190 valence electrons. The van der Waals surface area contributed by atoms with Crippen LogP contribution in [-0.2, 0) is 9.59 Å². The summed E-state index contributed by atoms with van der Waals surface area (Å²) >= 11 is 5.33. The average molecular weight is 505 g/mol. The van der Waals surface area contributed by atoms with Crippen molar-refractivity contribution in [1.82, 2.24) is 10.2 Å². The Morgan fingerprint density at radius 2 is 1.91 bits per heavy atom. The summed E-state index contributed by atoms with van der Waals surface area (Å²) in [7, 11) is 0. The van der Waals surface area contributed by atoms with Crippen LogP contribution in [0.15, 0.2) is 34.5 Å². The minimum atomic E-state index is -1.26. The Morgan fingerprint density at radius 3 is 2.54 bits per heavy atom. The van der Waals surface area contributed by atoms with E-state index in [2.05, 4.69) is 27.4 Å². The minimum absolute atomic E-state index is 0.0525. The van der Waals surface area contributed by atoms with E-state index in [0.717, 1.165) is 32.0 Å². The number of thiocarbonyl (C=S) groups is 1. The summed E-state index contributed by atoms with van der Waals surface area (Å²) in [5, 5.41) is 25.7. The van der Waals surface area contributed by atoms with Crippen LogP contribution in [-0.4, -0.2) is 64.1 Å². The Balaban J connectivity index is 1.69. The molecule has 1 aromatic carbocycles. The molecule has 1 fully saturated rings. The third kappa shape index (κ3) is 6.64. The number of carboxylic acids is 2. The van der Waals surface area contributed by atoms with Gasteiger partial charge in [0.2, 0.25) is 0 Å². The Labute approximate surface area is 210 Å². The molecule has 1 aromatic rings. The van der Waals surface area contributed by atoms with Crippen molar-refractivity contribution in [2.75, 3.05) is 31.5 Å². The number of carbonyl (C=O) groups is 2. The van der Waals surface area contributed by atoms with E-state index in [1.165, 1.54) is 38.0 Å². The van der Waals surface area contributed by atoms with Crippen molar-refractivity contribution in [3.63, 3.8) is 0 Å². The molecule has 2 atom stereocenters. The lowest BCUT2D eigenvalue weighted by molar-refractivity contribution is -0.140. The zero-order chi connectivity index (χ0) is 25.7. The van der Waals surface area contributed by atoms with Gasteiger partial charge in [-0.3, -0.25) is 9.79 Å². The molecule has 0 saturated carbocycles. The molecule has 0 amide bonds. The molecule has 35 heavy (non-hydrogen) atoms. The van der Waals surface area contributed by atoms with Gasteiger partial charge >= 0.3 is 11.9 Å². The van der Waals surface area contributed by atoms with Crippen LogP contribution in [0.4, 0.5) is 10.1 Å². The molecule has 0 spiro atoms. The number of aliphatic imine (C=N–C) groups is 1. The molecule has 10 heteroatoms. The van der Waals surface area contributed by atoms with Crippen molar-refractivity contribution in [3.8, 4) is 0 Å². The average Bonchev–Trinajstić information content (AvgIpc) is 2.78. The molecule has 8 nitrogen and oxygen atoms in total. The largest absolute Gasteiger partial charge is 0.481 e. The molecule has 0 radical (unpaired) electrons. The Morgan fingerprint density at radius 1 is 1.23 bits per heavy atom. The number of anilines is 1. The predicted octanol–water partition coefficient (Wildman–Crippen LogP) is 3.85. The van der Waals surface area contributed by atoms with Gasteiger partial charge in [0.1, 0.15) is 11.7 Å². The number of nitrogens with one attached hydrogen (secondary N) is 2. The number of hydrogen-bond acceptors (Lipinski definition) is 5. The van der Waals surface area contributed by atoms with Crippen molar-refractivity contribution in [2.45, 2.75) is 46.0 Å². The van der Waals surface area contributed by atoms with E-state index >= 15 is 0 Å². The van der Waals surface area contributed by atoms with Crippen molar-refractivity contribution in [1.29, 1.82) is 0 Å². The summed E-state index contributed by atoms with van der Waals surface area (Å²) in [5.41, 5.74) is 0.820. The number of benzene rings is 1. The molecule has 0 aliphatic carbocycles. The standard InChI is InChI=1S/C25H33FN4O4S/c1-14-7-11-30(12-8-14)10-4-9-27-25(35)29-19-13-17(5-6-18(19)26)22-20(23(31)32)15(2)28-16(3)21(22)24(33)34/h5-6,13-14,20,22H,4,7-12H2,1-3H3,(H,31,32)(H,33,34)(H2,27,29,35). The van der Waals surface area contributed by atoms with Gasteiger partial charge in [-0.2, -0.15) is 0 Å². The smallest absolute Gasteiger partial charge is 0.334 e. The Kier molecular flexibility index (Phi) is 8.96. The number of aliphatic carboxylic acids is 2. The van der Waals surface area contributed by atoms with Crippen LogP contribution in [0.5, 0.6) is 0 Å². The van der Waals surface area contributed by atoms with E-state index in [0.29, 0.717) is 17.8 Å². The SMILES string of the molecule is CC1=NC(C)=C(C(=O)O)C(c2ccc(F)c(NC(=S)NCCCN3CCC(C)CC3)c2)C1C(=O)O. The summed E-state index contributed by atoms with van der Waals surface area (Å²) < 4.78 is 14.6. The second-order valence-corrected chi connectivity index (χ2v) is 9.76. The summed E-state index contributed by atoms with van der Waals surface area (Å²) in [6, 6.07) is 4.02. The van der Waals surface area contributed by atoms with Gasteiger partial charge < -0.3 is 25.7 Å². The second kappa shape index (κ2) is 11.7. The van der Waals surface area contributed by atoms with E-state index in [1.807, 2.05) is 0 Å². The van der Waals surface area contributed by atoms with Gasteiger partial charge in [0.05, 0.1) is 11.3 Å². The first-order valence-corrected chi connectivity index (χ1v) is 12.3. The predicted molar refractivity (Wildman–Crippen MR) is 137 cm³/mol. The van der Waals surface area contributed by atoms with E-state index in [9.17, 15) is 24.2 Å². The van der Waals surface area contributed by atoms with Gasteiger partial charge in [0, 0.05) is 23.9 Å². The van der Waals surface area contributed by atoms with Crippen molar-refractivity contribution in [2.24, 2.45) is 16.8 Å². The van der Waals surface area contributed by atoms with Crippen molar-refractivity contribution in [3.05, 3.63) is 40.8 Å². The number of piperidine rings is 1. The van der Waals surface area contributed by atoms with E-state index < -0.39 is 29.6 Å². The zero-order valence-corrected chi connectivity index (χ0v) is 21.1. The first kappa shape index (κ1) is 26.7. The first-order chi connectivity index (χ1) is 16.6. The summed E-state index contributed by atoms with van der Waals surface area (Å²) in [6.45, 7) is 9.18. The minimum Gasteiger partial charge on any atom is -0.481 e. The maximum absolute atomic E-state index is 14.6. The highest BCUT2D eigenvalue weighted by molar-refractivity contribution is 7.80. The monoisotopic (exact) mass is 504 g/mol. The van der Waals surface area contributed by atoms with Crippen molar-refractivity contribution < 1.29 is 24.2 Å². The molecule has 1 saturated heterocycles. The van der Waals surface area contributed by atoms with Crippen LogP contribution in [0, 0.1) is 17.7 Å². The fourth-order valence-electron chi connectivity index (χ4n) is 4.78. The number of allylic oxidation sites excluding steroid dienone is 1. The molecule has 2 aliphatic rings. The molecular weight excluding hydrogens is 471 g/mol. The van der Waals surface area contributed by atoms with Crippen LogP contribution in [0.1, 0.15) is 51.5 Å². The number of carboxylic acid groups (broad SMARTS) is 2. The molecular formula is C25H33FN4O4S. The summed E-state index contributed by atoms with van der Waals surface area (Å²) in [4.78, 5) is 30.6. The Bertz CT molecular complexity index is 1050. The van der Waals surface area contributed by atoms with Crippen LogP contribution < -0.4 is 10.6 Å². The maximum Gasteiger partial charge on any atom is 0.334 e. The normalized spacial score (nSPS) is 21.4. The van der Waals surface area contributed by atoms with Gasteiger partial charge in [-0.1, -0.05) is 13.0 Å². The quantitative estimate of drug-likeness (QED) is 0.312. The van der Waals surface area contributed by atoms with E-state index in [4.69, 9.17) is 12.2 Å². The number of halogens is 1. The molecule has 4 N–H and O–H groups in total. The maximum atomic E-state index is 14.6. The highest BCUT2D eigenvalue weighted by Crippen LogP contribution is 2.40. The van der Waals surface area contributed by atoms with Gasteiger partial charge in [-0.25, -0.2) is 9.18 Å².